The quantitative estimate of drug-likeness (QED) is 0.928. The van der Waals surface area contributed by atoms with Gasteiger partial charge in [0.1, 0.15) is 0 Å². The second-order valence-electron chi connectivity index (χ2n) is 5.30. The van der Waals surface area contributed by atoms with Crippen LogP contribution in [-0.4, -0.2) is 19.5 Å². The molecule has 0 aliphatic heterocycles. The number of carbonyl (C=O) groups is 1. The topological polar surface area (TPSA) is 46.3 Å². The van der Waals surface area contributed by atoms with Crippen LogP contribution in [0.2, 0.25) is 0 Å². The molecule has 0 aromatic heterocycles. The predicted molar refractivity (Wildman–Crippen MR) is 82.1 cm³/mol. The van der Waals surface area contributed by atoms with E-state index in [1.807, 2.05) is 31.3 Å². The van der Waals surface area contributed by atoms with Gasteiger partial charge in [-0.3, -0.25) is 4.79 Å². The lowest BCUT2D eigenvalue weighted by molar-refractivity contribution is -0.123. The van der Waals surface area contributed by atoms with E-state index in [0.717, 1.165) is 42.4 Å². The van der Waals surface area contributed by atoms with Gasteiger partial charge in [0.15, 0.2) is 0 Å². The summed E-state index contributed by atoms with van der Waals surface area (Å²) in [7, 11) is 1.86. The number of nitrogens with zero attached hydrogens (tertiary/aromatic N) is 1. The number of hydrogen-bond donors (Lipinski definition) is 1. The molecule has 1 saturated carbocycles. The number of halogens is 1. The Kier molecular flexibility index (Phi) is 4.99. The largest absolute Gasteiger partial charge is 0.330 e. The molecule has 0 spiro atoms. The lowest BCUT2D eigenvalue weighted by atomic mass is 9.81. The molecule has 0 bridgehead atoms. The van der Waals surface area contributed by atoms with Crippen molar-refractivity contribution in [3.05, 3.63) is 28.7 Å². The van der Waals surface area contributed by atoms with Gasteiger partial charge in [0.05, 0.1) is 5.69 Å². The average molecular weight is 325 g/mol. The van der Waals surface area contributed by atoms with Crippen LogP contribution in [0.5, 0.6) is 0 Å². The second kappa shape index (κ2) is 6.53. The highest BCUT2D eigenvalue weighted by Crippen LogP contribution is 2.32. The minimum Gasteiger partial charge on any atom is -0.330 e. The summed E-state index contributed by atoms with van der Waals surface area (Å²) in [6, 6.07) is 7.84. The maximum Gasteiger partial charge on any atom is 0.229 e. The first-order valence-electron chi connectivity index (χ1n) is 6.85. The molecule has 0 atom stereocenters. The zero-order valence-electron chi connectivity index (χ0n) is 11.3. The molecule has 1 amide bonds. The Labute approximate surface area is 123 Å². The Balaban J connectivity index is 2.02. The Morgan fingerprint density at radius 3 is 2.53 bits per heavy atom. The first-order valence-corrected chi connectivity index (χ1v) is 7.65. The first-order chi connectivity index (χ1) is 9.13. The van der Waals surface area contributed by atoms with E-state index < -0.39 is 0 Å². The summed E-state index contributed by atoms with van der Waals surface area (Å²) in [5.74, 6) is 0.986. The summed E-state index contributed by atoms with van der Waals surface area (Å²) in [4.78, 5) is 14.3. The van der Waals surface area contributed by atoms with Crippen molar-refractivity contribution in [2.45, 2.75) is 25.7 Å². The standard InChI is InChI=1S/C15H21BrN2O/c1-18(14-5-3-2-4-13(14)16)15(19)12-8-6-11(10-17)7-9-12/h2-5,11-12H,6-10,17H2,1H3. The molecule has 1 fully saturated rings. The van der Waals surface area contributed by atoms with Gasteiger partial charge >= 0.3 is 0 Å². The molecule has 1 aromatic rings. The minimum absolute atomic E-state index is 0.153. The lowest BCUT2D eigenvalue weighted by Crippen LogP contribution is -2.36. The van der Waals surface area contributed by atoms with Crippen molar-refractivity contribution in [2.24, 2.45) is 17.6 Å². The van der Waals surface area contributed by atoms with Crippen molar-refractivity contribution in [1.29, 1.82) is 0 Å². The number of hydrogen-bond acceptors (Lipinski definition) is 2. The molecule has 19 heavy (non-hydrogen) atoms. The highest BCUT2D eigenvalue weighted by molar-refractivity contribution is 9.10. The first kappa shape index (κ1) is 14.5. The summed E-state index contributed by atoms with van der Waals surface area (Å²) < 4.78 is 0.960. The lowest BCUT2D eigenvalue weighted by Gasteiger charge is -2.30. The van der Waals surface area contributed by atoms with Gasteiger partial charge in [-0.1, -0.05) is 12.1 Å². The van der Waals surface area contributed by atoms with Crippen molar-refractivity contribution in [3.8, 4) is 0 Å². The van der Waals surface area contributed by atoms with E-state index in [9.17, 15) is 4.79 Å². The molecule has 2 rings (SSSR count). The minimum atomic E-state index is 0.153. The smallest absolute Gasteiger partial charge is 0.229 e. The van der Waals surface area contributed by atoms with Crippen molar-refractivity contribution in [1.82, 2.24) is 0 Å². The van der Waals surface area contributed by atoms with Crippen molar-refractivity contribution < 1.29 is 4.79 Å². The van der Waals surface area contributed by atoms with E-state index in [4.69, 9.17) is 5.73 Å². The molecular weight excluding hydrogens is 304 g/mol. The summed E-state index contributed by atoms with van der Waals surface area (Å²) in [6.07, 6.45) is 4.10. The van der Waals surface area contributed by atoms with Gasteiger partial charge < -0.3 is 10.6 Å². The molecule has 1 aliphatic carbocycles. The predicted octanol–water partition coefficient (Wildman–Crippen LogP) is 3.18. The monoisotopic (exact) mass is 324 g/mol. The molecule has 0 saturated heterocycles. The van der Waals surface area contributed by atoms with Gasteiger partial charge in [-0.2, -0.15) is 0 Å². The Bertz CT molecular complexity index is 442. The van der Waals surface area contributed by atoms with E-state index in [1.54, 1.807) is 4.90 Å². The van der Waals surface area contributed by atoms with E-state index in [0.29, 0.717) is 5.92 Å². The normalized spacial score (nSPS) is 23.1. The molecule has 0 unspecified atom stereocenters. The average Bonchev–Trinajstić information content (AvgIpc) is 2.46. The van der Waals surface area contributed by atoms with Gasteiger partial charge in [0.25, 0.3) is 0 Å². The molecule has 104 valence electrons. The van der Waals surface area contributed by atoms with Crippen LogP contribution in [0.4, 0.5) is 5.69 Å². The van der Waals surface area contributed by atoms with E-state index in [2.05, 4.69) is 15.9 Å². The molecule has 0 heterocycles. The van der Waals surface area contributed by atoms with Crippen LogP contribution in [0.3, 0.4) is 0 Å². The van der Waals surface area contributed by atoms with Crippen LogP contribution in [-0.2, 0) is 4.79 Å². The number of nitrogens with two attached hydrogens (primary N) is 1. The van der Waals surface area contributed by atoms with Crippen molar-refractivity contribution in [2.75, 3.05) is 18.5 Å². The molecule has 1 aliphatic rings. The van der Waals surface area contributed by atoms with Crippen molar-refractivity contribution >= 4 is 27.5 Å². The van der Waals surface area contributed by atoms with E-state index in [1.165, 1.54) is 0 Å². The third-order valence-electron chi connectivity index (χ3n) is 4.07. The number of benzene rings is 1. The molecule has 4 heteroatoms. The molecule has 1 aromatic carbocycles. The number of rotatable bonds is 3. The van der Waals surface area contributed by atoms with Crippen molar-refractivity contribution in [3.63, 3.8) is 0 Å². The summed E-state index contributed by atoms with van der Waals surface area (Å²) in [5.41, 5.74) is 6.63. The Morgan fingerprint density at radius 1 is 1.32 bits per heavy atom. The van der Waals surface area contributed by atoms with Crippen LogP contribution < -0.4 is 10.6 Å². The van der Waals surface area contributed by atoms with Gasteiger partial charge in [-0.15, -0.1) is 0 Å². The fourth-order valence-corrected chi connectivity index (χ4v) is 3.31. The maximum absolute atomic E-state index is 12.5. The number of carbonyl (C=O) groups excluding carboxylic acids is 1. The van der Waals surface area contributed by atoms with Crippen LogP contribution in [0.25, 0.3) is 0 Å². The Morgan fingerprint density at radius 2 is 1.95 bits per heavy atom. The summed E-state index contributed by atoms with van der Waals surface area (Å²) >= 11 is 3.50. The van der Waals surface area contributed by atoms with E-state index in [-0.39, 0.29) is 11.8 Å². The SMILES string of the molecule is CN(C(=O)C1CCC(CN)CC1)c1ccccc1Br. The van der Waals surface area contributed by atoms with E-state index >= 15 is 0 Å². The van der Waals surface area contributed by atoms with Crippen LogP contribution in [0.15, 0.2) is 28.7 Å². The summed E-state index contributed by atoms with van der Waals surface area (Å²) in [5, 5.41) is 0. The zero-order chi connectivity index (χ0) is 13.8. The second-order valence-corrected chi connectivity index (χ2v) is 6.16. The maximum atomic E-state index is 12.5. The van der Waals surface area contributed by atoms with Crippen LogP contribution in [0.1, 0.15) is 25.7 Å². The third kappa shape index (κ3) is 3.37. The molecular formula is C15H21BrN2O. The van der Waals surface area contributed by atoms with Gasteiger partial charge in [0, 0.05) is 17.4 Å². The third-order valence-corrected chi connectivity index (χ3v) is 4.74. The highest BCUT2D eigenvalue weighted by Gasteiger charge is 2.28. The van der Waals surface area contributed by atoms with Gasteiger partial charge in [0.2, 0.25) is 5.91 Å². The molecule has 0 radical (unpaired) electrons. The van der Waals surface area contributed by atoms with Gasteiger partial charge in [-0.05, 0) is 66.2 Å². The van der Waals surface area contributed by atoms with Crippen LogP contribution >= 0.6 is 15.9 Å². The number of anilines is 1. The zero-order valence-corrected chi connectivity index (χ0v) is 12.9. The molecule has 3 nitrogen and oxygen atoms in total. The molecule has 2 N–H and O–H groups in total. The Hall–Kier alpha value is -0.870. The number of amides is 1. The fraction of sp³-hybridized carbons (Fsp3) is 0.533. The fourth-order valence-electron chi connectivity index (χ4n) is 2.76. The number of para-hydroxylation sites is 1. The highest BCUT2D eigenvalue weighted by atomic mass is 79.9. The van der Waals surface area contributed by atoms with Crippen LogP contribution in [0, 0.1) is 11.8 Å². The summed E-state index contributed by atoms with van der Waals surface area (Å²) in [6.45, 7) is 0.751. The van der Waals surface area contributed by atoms with Gasteiger partial charge in [-0.25, -0.2) is 0 Å².